The number of hydrogen-bond donors (Lipinski definition) is 1. The van der Waals surface area contributed by atoms with Crippen molar-refractivity contribution in [2.45, 2.75) is 12.4 Å². The molecular weight excluding hydrogens is 202 g/mol. The van der Waals surface area contributed by atoms with E-state index in [9.17, 15) is 26.3 Å². The zero-order chi connectivity index (χ0) is 10.3. The lowest BCUT2D eigenvalue weighted by atomic mass is 10.3. The number of alkyl halides is 6. The minimum atomic E-state index is -4.92. The molecule has 0 saturated carbocycles. The quantitative estimate of drug-likeness (QED) is 0.643. The fraction of sp³-hybridized carbons (Fsp3) is 0.400. The first kappa shape index (κ1) is 9.87. The second-order valence-corrected chi connectivity index (χ2v) is 2.07. The summed E-state index contributed by atoms with van der Waals surface area (Å²) in [6, 6.07) is 1.08. The third-order valence-corrected chi connectivity index (χ3v) is 1.07. The molecule has 8 heteroatoms. The molecule has 0 aliphatic carbocycles. The van der Waals surface area contributed by atoms with Crippen LogP contribution in [-0.2, 0) is 12.4 Å². The summed E-state index contributed by atoms with van der Waals surface area (Å²) in [6.07, 6.45) is -9.81. The molecule has 0 aliphatic heterocycles. The molecule has 1 heterocycles. The minimum absolute atomic E-state index is 1.08. The van der Waals surface area contributed by atoms with Crippen LogP contribution in [0.2, 0.25) is 0 Å². The molecule has 0 saturated heterocycles. The lowest BCUT2D eigenvalue weighted by Crippen LogP contribution is -2.06. The lowest BCUT2D eigenvalue weighted by molar-refractivity contribution is -0.143. The first-order chi connectivity index (χ1) is 5.71. The summed E-state index contributed by atoms with van der Waals surface area (Å²) in [7, 11) is 0. The molecule has 1 radical (unpaired) electrons. The van der Waals surface area contributed by atoms with Crippen LogP contribution >= 0.6 is 0 Å². The van der Waals surface area contributed by atoms with Crippen LogP contribution in [0.3, 0.4) is 0 Å². The van der Waals surface area contributed by atoms with Gasteiger partial charge in [0.05, 0.1) is 0 Å². The highest BCUT2D eigenvalue weighted by atomic mass is 19.4. The van der Waals surface area contributed by atoms with E-state index in [-0.39, 0.29) is 0 Å². The molecule has 0 fully saturated rings. The van der Waals surface area contributed by atoms with Gasteiger partial charge in [0.15, 0.2) is 5.69 Å². The largest absolute Gasteiger partial charge is 0.435 e. The van der Waals surface area contributed by atoms with Gasteiger partial charge in [0.25, 0.3) is 0 Å². The number of nitrogens with one attached hydrogen (secondary N) is 1. The molecule has 13 heavy (non-hydrogen) atoms. The predicted octanol–water partition coefficient (Wildman–Crippen LogP) is 2.25. The van der Waals surface area contributed by atoms with Gasteiger partial charge in [-0.25, -0.2) is 0 Å². The molecule has 0 unspecified atom stereocenters. The Labute approximate surface area is 67.6 Å². The third kappa shape index (κ3) is 2.13. The van der Waals surface area contributed by atoms with Crippen LogP contribution in [0.25, 0.3) is 0 Å². The van der Waals surface area contributed by atoms with E-state index in [4.69, 9.17) is 0 Å². The number of nitrogens with zero attached hydrogens (tertiary/aromatic N) is 1. The van der Waals surface area contributed by atoms with Crippen molar-refractivity contribution in [2.75, 3.05) is 0 Å². The molecule has 2 nitrogen and oxygen atoms in total. The summed E-state index contributed by atoms with van der Waals surface area (Å²) in [6.45, 7) is 0. The summed E-state index contributed by atoms with van der Waals surface area (Å²) < 4.78 is 70.3. The summed E-state index contributed by atoms with van der Waals surface area (Å²) in [5.41, 5.74) is -3.35. The third-order valence-electron chi connectivity index (χ3n) is 1.07. The van der Waals surface area contributed by atoms with Crippen LogP contribution in [0.1, 0.15) is 11.4 Å². The van der Waals surface area contributed by atoms with E-state index < -0.39 is 23.7 Å². The second-order valence-electron chi connectivity index (χ2n) is 2.07. The molecule has 73 valence electrons. The molecule has 0 aliphatic rings. The maximum Gasteiger partial charge on any atom is 0.435 e. The van der Waals surface area contributed by atoms with E-state index in [1.807, 2.05) is 0 Å². The summed E-state index contributed by atoms with van der Waals surface area (Å²) in [5.74, 6) is 0. The second kappa shape index (κ2) is 2.64. The molecule has 1 aromatic rings. The van der Waals surface area contributed by atoms with Crippen LogP contribution in [0.5, 0.6) is 0 Å². The van der Waals surface area contributed by atoms with E-state index in [2.05, 4.69) is 5.10 Å². The Kier molecular flexibility index (Phi) is 2.01. The maximum atomic E-state index is 11.7. The van der Waals surface area contributed by atoms with Crippen LogP contribution in [0.4, 0.5) is 26.3 Å². The first-order valence-corrected chi connectivity index (χ1v) is 2.83. The predicted molar refractivity (Wildman–Crippen MR) is 27.4 cm³/mol. The average molecular weight is 203 g/mol. The van der Waals surface area contributed by atoms with E-state index >= 15 is 0 Å². The van der Waals surface area contributed by atoms with Gasteiger partial charge in [-0.05, 0) is 0 Å². The van der Waals surface area contributed by atoms with Crippen LogP contribution in [0, 0.1) is 6.07 Å². The molecule has 0 atom stereocenters. The van der Waals surface area contributed by atoms with Gasteiger partial charge in [-0.15, -0.1) is 0 Å². The highest BCUT2D eigenvalue weighted by Crippen LogP contribution is 2.32. The summed E-state index contributed by atoms with van der Waals surface area (Å²) in [5, 5.41) is 3.63. The van der Waals surface area contributed by atoms with E-state index in [1.54, 1.807) is 0 Å². The fourth-order valence-electron chi connectivity index (χ4n) is 0.555. The maximum absolute atomic E-state index is 11.7. The average Bonchev–Trinajstić information content (AvgIpc) is 2.28. The van der Waals surface area contributed by atoms with Crippen molar-refractivity contribution in [3.05, 3.63) is 17.5 Å². The van der Waals surface area contributed by atoms with Crippen LogP contribution in [0.15, 0.2) is 0 Å². The van der Waals surface area contributed by atoms with Gasteiger partial charge in [0.1, 0.15) is 5.69 Å². The van der Waals surface area contributed by atoms with Crippen molar-refractivity contribution in [3.8, 4) is 0 Å². The molecular formula is C5HF6N2. The fourth-order valence-corrected chi connectivity index (χ4v) is 0.555. The van der Waals surface area contributed by atoms with Gasteiger partial charge in [-0.2, -0.15) is 31.4 Å². The zero-order valence-electron chi connectivity index (χ0n) is 5.72. The molecule has 1 N–H and O–H groups in total. The van der Waals surface area contributed by atoms with Gasteiger partial charge < -0.3 is 0 Å². The van der Waals surface area contributed by atoms with Crippen LogP contribution in [-0.4, -0.2) is 10.2 Å². The minimum Gasteiger partial charge on any atom is -0.272 e. The molecule has 0 amide bonds. The number of hydrogen-bond acceptors (Lipinski definition) is 1. The normalized spacial score (nSPS) is 13.4. The smallest absolute Gasteiger partial charge is 0.272 e. The Morgan fingerprint density at radius 1 is 1.00 bits per heavy atom. The van der Waals surface area contributed by atoms with Crippen molar-refractivity contribution in [1.29, 1.82) is 0 Å². The molecule has 0 spiro atoms. The standard InChI is InChI=1S/C5HF6N2/c6-4(7,8)2-1-3(13-12-2)5(9,10)11/h(H,12,13). The van der Waals surface area contributed by atoms with Crippen molar-refractivity contribution in [1.82, 2.24) is 10.2 Å². The molecule has 0 bridgehead atoms. The monoisotopic (exact) mass is 203 g/mol. The SMILES string of the molecule is FC(F)(F)c1[c]c(C(F)(F)F)[nH]n1. The Balaban J connectivity index is 3.01. The van der Waals surface area contributed by atoms with Crippen LogP contribution < -0.4 is 0 Å². The van der Waals surface area contributed by atoms with Gasteiger partial charge in [0, 0.05) is 6.07 Å². The number of aromatic amines is 1. The van der Waals surface area contributed by atoms with E-state index in [1.165, 1.54) is 5.10 Å². The Morgan fingerprint density at radius 2 is 1.54 bits per heavy atom. The molecule has 1 rings (SSSR count). The highest BCUT2D eigenvalue weighted by Gasteiger charge is 2.40. The number of H-pyrrole nitrogens is 1. The Bertz CT molecular complexity index is 266. The van der Waals surface area contributed by atoms with Crippen molar-refractivity contribution < 1.29 is 26.3 Å². The van der Waals surface area contributed by atoms with Crippen molar-refractivity contribution in [2.24, 2.45) is 0 Å². The summed E-state index contributed by atoms with van der Waals surface area (Å²) in [4.78, 5) is 0. The molecule has 0 aromatic carbocycles. The number of rotatable bonds is 0. The zero-order valence-corrected chi connectivity index (χ0v) is 5.72. The summed E-state index contributed by atoms with van der Waals surface area (Å²) >= 11 is 0. The van der Waals surface area contributed by atoms with E-state index in [0.29, 0.717) is 0 Å². The van der Waals surface area contributed by atoms with Gasteiger partial charge in [0.2, 0.25) is 0 Å². The lowest BCUT2D eigenvalue weighted by Gasteiger charge is -2.00. The number of halogens is 6. The number of aromatic nitrogens is 2. The Hall–Kier alpha value is -1.21. The first-order valence-electron chi connectivity index (χ1n) is 2.83. The highest BCUT2D eigenvalue weighted by molar-refractivity contribution is 5.11. The van der Waals surface area contributed by atoms with Gasteiger partial charge >= 0.3 is 12.4 Å². The topological polar surface area (TPSA) is 28.7 Å². The van der Waals surface area contributed by atoms with E-state index in [0.717, 1.165) is 6.07 Å². The van der Waals surface area contributed by atoms with Gasteiger partial charge in [-0.3, -0.25) is 5.10 Å². The Morgan fingerprint density at radius 3 is 1.77 bits per heavy atom. The molecule has 1 aromatic heterocycles. The van der Waals surface area contributed by atoms with Crippen molar-refractivity contribution >= 4 is 0 Å². The van der Waals surface area contributed by atoms with Crippen molar-refractivity contribution in [3.63, 3.8) is 0 Å². The van der Waals surface area contributed by atoms with Gasteiger partial charge in [-0.1, -0.05) is 0 Å².